The van der Waals surface area contributed by atoms with E-state index in [1.54, 1.807) is 22.4 Å². The molecule has 0 aliphatic rings. The van der Waals surface area contributed by atoms with Gasteiger partial charge < -0.3 is 9.47 Å². The van der Waals surface area contributed by atoms with Crippen LogP contribution in [0.3, 0.4) is 0 Å². The first-order chi connectivity index (χ1) is 13.9. The molecule has 0 radical (unpaired) electrons. The number of rotatable bonds is 6. The Kier molecular flexibility index (Phi) is 6.23. The number of carbonyl (C=O) groups is 2. The maximum Gasteiger partial charge on any atom is 0.344 e. The molecule has 0 N–H and O–H groups in total. The van der Waals surface area contributed by atoms with Gasteiger partial charge in [0, 0.05) is 18.5 Å². The van der Waals surface area contributed by atoms with Crippen LogP contribution in [-0.4, -0.2) is 29.0 Å². The van der Waals surface area contributed by atoms with Crippen molar-refractivity contribution in [3.05, 3.63) is 64.3 Å². The van der Waals surface area contributed by atoms with Crippen LogP contribution >= 0.6 is 11.3 Å². The highest BCUT2D eigenvalue weighted by Crippen LogP contribution is 2.32. The zero-order valence-electron chi connectivity index (χ0n) is 16.6. The quantitative estimate of drug-likeness (QED) is 0.565. The highest BCUT2D eigenvalue weighted by atomic mass is 32.1. The smallest absolute Gasteiger partial charge is 0.344 e. The van der Waals surface area contributed by atoms with Crippen molar-refractivity contribution in [1.29, 1.82) is 0 Å². The fraction of sp³-hybridized carbons (Fsp3) is 0.238. The predicted molar refractivity (Wildman–Crippen MR) is 111 cm³/mol. The number of hydrogen-bond donors (Lipinski definition) is 0. The average Bonchev–Trinajstić information content (AvgIpc) is 3.16. The van der Waals surface area contributed by atoms with E-state index in [2.05, 4.69) is 9.97 Å². The monoisotopic (exact) mass is 411 g/mol. The Labute approximate surface area is 172 Å². The Morgan fingerprint density at radius 2 is 2.00 bits per heavy atom. The van der Waals surface area contributed by atoms with Crippen molar-refractivity contribution < 1.29 is 19.1 Å². The first kappa shape index (κ1) is 20.5. The van der Waals surface area contributed by atoms with Crippen LogP contribution in [0.15, 0.2) is 41.9 Å². The first-order valence-corrected chi connectivity index (χ1v) is 9.77. The predicted octanol–water partition coefficient (Wildman–Crippen LogP) is 4.21. The summed E-state index contributed by atoms with van der Waals surface area (Å²) in [6.45, 7) is 5.43. The Bertz CT molecular complexity index is 1050. The van der Waals surface area contributed by atoms with Gasteiger partial charge in [0.25, 0.3) is 0 Å². The highest BCUT2D eigenvalue weighted by molar-refractivity contribution is 7.14. The molecular formula is C21H21N3O4S. The number of aryl methyl sites for hydroxylation is 2. The Morgan fingerprint density at radius 1 is 1.21 bits per heavy atom. The largest absolute Gasteiger partial charge is 0.480 e. The number of esters is 1. The van der Waals surface area contributed by atoms with E-state index in [9.17, 15) is 9.59 Å². The summed E-state index contributed by atoms with van der Waals surface area (Å²) in [5, 5.41) is 2.29. The minimum Gasteiger partial charge on any atom is -0.480 e. The number of methoxy groups -OCH3 is 1. The molecule has 0 bridgehead atoms. The standard InChI is InChI=1S/C21H21N3O4S/c1-13-7-8-18(14(2)10-13)24(15(3)25)21-23-16(12-29-21)11-28-20(26)17-6-5-9-22-19(17)27-4/h5-10,12H,11H2,1-4H3. The van der Waals surface area contributed by atoms with E-state index in [-0.39, 0.29) is 24.0 Å². The van der Waals surface area contributed by atoms with Crippen LogP contribution in [0.25, 0.3) is 0 Å². The molecule has 0 aliphatic carbocycles. The number of thiazole rings is 1. The van der Waals surface area contributed by atoms with E-state index < -0.39 is 5.97 Å². The van der Waals surface area contributed by atoms with Crippen LogP contribution < -0.4 is 9.64 Å². The summed E-state index contributed by atoms with van der Waals surface area (Å²) in [6.07, 6.45) is 1.53. The average molecular weight is 411 g/mol. The van der Waals surface area contributed by atoms with Crippen LogP contribution in [0.4, 0.5) is 10.8 Å². The van der Waals surface area contributed by atoms with Crippen LogP contribution in [-0.2, 0) is 16.1 Å². The summed E-state index contributed by atoms with van der Waals surface area (Å²) in [7, 11) is 1.44. The molecule has 0 atom stereocenters. The van der Waals surface area contributed by atoms with Gasteiger partial charge in [-0.3, -0.25) is 9.69 Å². The van der Waals surface area contributed by atoms with E-state index in [0.717, 1.165) is 16.8 Å². The van der Waals surface area contributed by atoms with Gasteiger partial charge in [-0.25, -0.2) is 14.8 Å². The maximum absolute atomic E-state index is 12.3. The van der Waals surface area contributed by atoms with Gasteiger partial charge >= 0.3 is 5.97 Å². The number of pyridine rings is 1. The number of benzene rings is 1. The van der Waals surface area contributed by atoms with Crippen LogP contribution in [0.2, 0.25) is 0 Å². The number of aromatic nitrogens is 2. The molecule has 0 spiro atoms. The zero-order chi connectivity index (χ0) is 21.0. The first-order valence-electron chi connectivity index (χ1n) is 8.89. The Hall–Kier alpha value is -3.26. The summed E-state index contributed by atoms with van der Waals surface area (Å²) in [4.78, 5) is 34.6. The molecule has 0 unspecified atom stereocenters. The van der Waals surface area contributed by atoms with E-state index in [4.69, 9.17) is 9.47 Å². The van der Waals surface area contributed by atoms with Crippen molar-refractivity contribution in [2.45, 2.75) is 27.4 Å². The van der Waals surface area contributed by atoms with Crippen molar-refractivity contribution in [2.24, 2.45) is 0 Å². The minimum atomic E-state index is -0.553. The summed E-state index contributed by atoms with van der Waals surface area (Å²) in [5.41, 5.74) is 3.67. The number of carbonyl (C=O) groups excluding carboxylic acids is 2. The molecule has 3 rings (SSSR count). The molecule has 1 aromatic carbocycles. The third-order valence-electron chi connectivity index (χ3n) is 4.17. The van der Waals surface area contributed by atoms with Crippen LogP contribution in [0.5, 0.6) is 5.88 Å². The number of amides is 1. The molecule has 2 heterocycles. The van der Waals surface area contributed by atoms with Gasteiger partial charge in [-0.1, -0.05) is 17.7 Å². The number of anilines is 2. The van der Waals surface area contributed by atoms with Gasteiger partial charge in [-0.15, -0.1) is 11.3 Å². The molecular weight excluding hydrogens is 390 g/mol. The fourth-order valence-corrected chi connectivity index (χ4v) is 3.72. The molecule has 0 saturated heterocycles. The normalized spacial score (nSPS) is 10.5. The molecule has 29 heavy (non-hydrogen) atoms. The van der Waals surface area contributed by atoms with E-state index in [1.807, 2.05) is 32.0 Å². The van der Waals surface area contributed by atoms with Crippen molar-refractivity contribution in [3.63, 3.8) is 0 Å². The maximum atomic E-state index is 12.3. The zero-order valence-corrected chi connectivity index (χ0v) is 17.4. The second-order valence-electron chi connectivity index (χ2n) is 6.40. The Balaban J connectivity index is 1.77. The summed E-state index contributed by atoms with van der Waals surface area (Å²) >= 11 is 1.31. The lowest BCUT2D eigenvalue weighted by Gasteiger charge is -2.20. The van der Waals surface area contributed by atoms with Gasteiger partial charge in [0.15, 0.2) is 5.13 Å². The van der Waals surface area contributed by atoms with Gasteiger partial charge in [-0.2, -0.15) is 0 Å². The summed E-state index contributed by atoms with van der Waals surface area (Å²) in [5.74, 6) is -0.494. The molecule has 2 aromatic heterocycles. The number of nitrogens with zero attached hydrogens (tertiary/aromatic N) is 3. The van der Waals surface area contributed by atoms with Gasteiger partial charge in [-0.05, 0) is 37.6 Å². The molecule has 8 heteroatoms. The van der Waals surface area contributed by atoms with E-state index >= 15 is 0 Å². The van der Waals surface area contributed by atoms with Crippen LogP contribution in [0, 0.1) is 13.8 Å². The SMILES string of the molecule is COc1ncccc1C(=O)OCc1csc(N(C(C)=O)c2ccc(C)cc2C)n1. The van der Waals surface area contributed by atoms with E-state index in [0.29, 0.717) is 10.8 Å². The van der Waals surface area contributed by atoms with Crippen molar-refractivity contribution >= 4 is 34.0 Å². The molecule has 0 saturated carbocycles. The second-order valence-corrected chi connectivity index (χ2v) is 7.24. The number of hydrogen-bond acceptors (Lipinski definition) is 7. The minimum absolute atomic E-state index is 0.0218. The summed E-state index contributed by atoms with van der Waals surface area (Å²) in [6, 6.07) is 9.09. The summed E-state index contributed by atoms with van der Waals surface area (Å²) < 4.78 is 10.4. The molecule has 3 aromatic rings. The van der Waals surface area contributed by atoms with Gasteiger partial charge in [0.05, 0.1) is 18.5 Å². The lowest BCUT2D eigenvalue weighted by Crippen LogP contribution is -2.23. The second kappa shape index (κ2) is 8.83. The van der Waals surface area contributed by atoms with Crippen molar-refractivity contribution in [2.75, 3.05) is 12.0 Å². The molecule has 150 valence electrons. The number of ether oxygens (including phenoxy) is 2. The van der Waals surface area contributed by atoms with Gasteiger partial charge in [0.2, 0.25) is 11.8 Å². The molecule has 1 amide bonds. The fourth-order valence-electron chi connectivity index (χ4n) is 2.85. The van der Waals surface area contributed by atoms with Crippen LogP contribution in [0.1, 0.15) is 34.1 Å². The Morgan fingerprint density at radius 3 is 2.69 bits per heavy atom. The van der Waals surface area contributed by atoms with Crippen molar-refractivity contribution in [1.82, 2.24) is 9.97 Å². The topological polar surface area (TPSA) is 81.6 Å². The third-order valence-corrected chi connectivity index (χ3v) is 5.05. The molecule has 7 nitrogen and oxygen atoms in total. The molecule has 0 fully saturated rings. The highest BCUT2D eigenvalue weighted by Gasteiger charge is 2.21. The lowest BCUT2D eigenvalue weighted by molar-refractivity contribution is -0.115. The molecule has 0 aliphatic heterocycles. The van der Waals surface area contributed by atoms with Crippen molar-refractivity contribution in [3.8, 4) is 5.88 Å². The van der Waals surface area contributed by atoms with E-state index in [1.165, 1.54) is 31.6 Å². The third kappa shape index (κ3) is 4.60. The lowest BCUT2D eigenvalue weighted by atomic mass is 10.1. The van der Waals surface area contributed by atoms with Gasteiger partial charge in [0.1, 0.15) is 12.2 Å².